The molecule has 0 aliphatic carbocycles. The lowest BCUT2D eigenvalue weighted by Crippen LogP contribution is -2.22. The summed E-state index contributed by atoms with van der Waals surface area (Å²) in [4.78, 5) is 25.1. The number of amides is 2. The van der Waals surface area contributed by atoms with Crippen LogP contribution in [-0.2, 0) is 4.79 Å². The van der Waals surface area contributed by atoms with E-state index in [9.17, 15) is 9.59 Å². The molecule has 0 aromatic heterocycles. The SMILES string of the molecule is Cc1cccc(NC(=O)c2ccccc2NC(=O)COc2ccc3c(c2)OCO3)c1. The van der Waals surface area contributed by atoms with E-state index >= 15 is 0 Å². The van der Waals surface area contributed by atoms with Gasteiger partial charge in [0.15, 0.2) is 18.1 Å². The number of ether oxygens (including phenoxy) is 3. The van der Waals surface area contributed by atoms with Gasteiger partial charge in [-0.05, 0) is 48.9 Å². The van der Waals surface area contributed by atoms with E-state index in [2.05, 4.69) is 10.6 Å². The zero-order valence-corrected chi connectivity index (χ0v) is 16.3. The Kier molecular flexibility index (Phi) is 5.52. The number of aryl methyl sites for hydroxylation is 1. The molecule has 1 aliphatic rings. The first kappa shape index (κ1) is 19.3. The van der Waals surface area contributed by atoms with Gasteiger partial charge in [0, 0.05) is 11.8 Å². The van der Waals surface area contributed by atoms with E-state index in [4.69, 9.17) is 14.2 Å². The Morgan fingerprint density at radius 1 is 0.933 bits per heavy atom. The number of para-hydroxylation sites is 1. The van der Waals surface area contributed by atoms with E-state index in [1.54, 1.807) is 42.5 Å². The van der Waals surface area contributed by atoms with Crippen molar-refractivity contribution >= 4 is 23.2 Å². The zero-order chi connectivity index (χ0) is 20.9. The van der Waals surface area contributed by atoms with Crippen LogP contribution in [0, 0.1) is 6.92 Å². The number of carbonyl (C=O) groups excluding carboxylic acids is 2. The lowest BCUT2D eigenvalue weighted by Gasteiger charge is -2.12. The van der Waals surface area contributed by atoms with E-state index in [0.717, 1.165) is 5.56 Å². The fraction of sp³-hybridized carbons (Fsp3) is 0.130. The van der Waals surface area contributed by atoms with Crippen molar-refractivity contribution in [2.24, 2.45) is 0 Å². The summed E-state index contributed by atoms with van der Waals surface area (Å²) in [6.45, 7) is 1.90. The summed E-state index contributed by atoms with van der Waals surface area (Å²) in [5.74, 6) is 1.00. The molecule has 0 bridgehead atoms. The number of hydrogen-bond acceptors (Lipinski definition) is 5. The quantitative estimate of drug-likeness (QED) is 0.649. The van der Waals surface area contributed by atoms with Crippen LogP contribution in [0.2, 0.25) is 0 Å². The van der Waals surface area contributed by atoms with Crippen LogP contribution in [0.15, 0.2) is 66.7 Å². The van der Waals surface area contributed by atoms with Gasteiger partial charge in [-0.2, -0.15) is 0 Å². The van der Waals surface area contributed by atoms with Crippen LogP contribution in [0.25, 0.3) is 0 Å². The summed E-state index contributed by atoms with van der Waals surface area (Å²) in [7, 11) is 0. The summed E-state index contributed by atoms with van der Waals surface area (Å²) in [6, 6.07) is 19.4. The highest BCUT2D eigenvalue weighted by Crippen LogP contribution is 2.35. The van der Waals surface area contributed by atoms with Gasteiger partial charge in [0.25, 0.3) is 11.8 Å². The number of anilines is 2. The summed E-state index contributed by atoms with van der Waals surface area (Å²) < 4.78 is 16.1. The first-order chi connectivity index (χ1) is 14.6. The summed E-state index contributed by atoms with van der Waals surface area (Å²) >= 11 is 0. The van der Waals surface area contributed by atoms with Gasteiger partial charge in [0.2, 0.25) is 6.79 Å². The Balaban J connectivity index is 1.39. The summed E-state index contributed by atoms with van der Waals surface area (Å²) in [6.07, 6.45) is 0. The number of hydrogen-bond donors (Lipinski definition) is 2. The van der Waals surface area contributed by atoms with Gasteiger partial charge in [0.05, 0.1) is 11.3 Å². The van der Waals surface area contributed by atoms with Crippen molar-refractivity contribution in [1.29, 1.82) is 0 Å². The first-order valence-corrected chi connectivity index (χ1v) is 9.38. The Labute approximate surface area is 173 Å². The molecule has 1 aliphatic heterocycles. The van der Waals surface area contributed by atoms with Crippen LogP contribution in [0.5, 0.6) is 17.2 Å². The third kappa shape index (κ3) is 4.52. The summed E-state index contributed by atoms with van der Waals surface area (Å²) in [5, 5.41) is 5.58. The van der Waals surface area contributed by atoms with Crippen molar-refractivity contribution in [2.75, 3.05) is 24.0 Å². The molecule has 152 valence electrons. The summed E-state index contributed by atoms with van der Waals surface area (Å²) in [5.41, 5.74) is 2.49. The smallest absolute Gasteiger partial charge is 0.262 e. The third-order valence-corrected chi connectivity index (χ3v) is 4.44. The second-order valence-corrected chi connectivity index (χ2v) is 6.72. The van der Waals surface area contributed by atoms with Crippen molar-refractivity contribution in [3.8, 4) is 17.2 Å². The highest BCUT2D eigenvalue weighted by atomic mass is 16.7. The number of nitrogens with one attached hydrogen (secondary N) is 2. The fourth-order valence-corrected chi connectivity index (χ4v) is 3.01. The maximum absolute atomic E-state index is 12.7. The average Bonchev–Trinajstić information content (AvgIpc) is 3.20. The molecule has 0 saturated heterocycles. The molecule has 30 heavy (non-hydrogen) atoms. The maximum Gasteiger partial charge on any atom is 0.262 e. The van der Waals surface area contributed by atoms with Crippen LogP contribution < -0.4 is 24.8 Å². The molecular weight excluding hydrogens is 384 g/mol. The predicted molar refractivity (Wildman–Crippen MR) is 112 cm³/mol. The van der Waals surface area contributed by atoms with E-state index < -0.39 is 0 Å². The van der Waals surface area contributed by atoms with Crippen LogP contribution >= 0.6 is 0 Å². The van der Waals surface area contributed by atoms with Crippen molar-refractivity contribution in [2.45, 2.75) is 6.92 Å². The Bertz CT molecular complexity index is 1100. The van der Waals surface area contributed by atoms with E-state index in [1.807, 2.05) is 31.2 Å². The zero-order valence-electron chi connectivity index (χ0n) is 16.3. The van der Waals surface area contributed by atoms with Crippen molar-refractivity contribution in [3.63, 3.8) is 0 Å². The van der Waals surface area contributed by atoms with Gasteiger partial charge in [0.1, 0.15) is 5.75 Å². The Morgan fingerprint density at radius 3 is 2.63 bits per heavy atom. The Morgan fingerprint density at radius 2 is 1.77 bits per heavy atom. The van der Waals surface area contributed by atoms with Crippen LogP contribution in [0.4, 0.5) is 11.4 Å². The first-order valence-electron chi connectivity index (χ1n) is 9.38. The highest BCUT2D eigenvalue weighted by molar-refractivity contribution is 6.10. The number of benzene rings is 3. The van der Waals surface area contributed by atoms with Crippen LogP contribution in [0.3, 0.4) is 0 Å². The maximum atomic E-state index is 12.7. The molecular formula is C23H20N2O5. The highest BCUT2D eigenvalue weighted by Gasteiger charge is 2.16. The van der Waals surface area contributed by atoms with Gasteiger partial charge in [-0.15, -0.1) is 0 Å². The predicted octanol–water partition coefficient (Wildman–Crippen LogP) is 3.99. The monoisotopic (exact) mass is 404 g/mol. The lowest BCUT2D eigenvalue weighted by molar-refractivity contribution is -0.118. The van der Waals surface area contributed by atoms with Gasteiger partial charge in [-0.3, -0.25) is 9.59 Å². The van der Waals surface area contributed by atoms with Crippen LogP contribution in [0.1, 0.15) is 15.9 Å². The minimum Gasteiger partial charge on any atom is -0.484 e. The average molecular weight is 404 g/mol. The molecule has 3 aromatic carbocycles. The van der Waals surface area contributed by atoms with Crippen molar-refractivity contribution in [1.82, 2.24) is 0 Å². The topological polar surface area (TPSA) is 85.9 Å². The van der Waals surface area contributed by atoms with E-state index in [1.165, 1.54) is 0 Å². The van der Waals surface area contributed by atoms with E-state index in [0.29, 0.717) is 34.2 Å². The van der Waals surface area contributed by atoms with Gasteiger partial charge in [-0.25, -0.2) is 0 Å². The molecule has 1 heterocycles. The molecule has 2 amide bonds. The molecule has 7 nitrogen and oxygen atoms in total. The normalized spacial score (nSPS) is 11.6. The molecule has 0 fully saturated rings. The van der Waals surface area contributed by atoms with Crippen molar-refractivity contribution in [3.05, 3.63) is 77.9 Å². The largest absolute Gasteiger partial charge is 0.484 e. The number of rotatable bonds is 6. The minimum absolute atomic E-state index is 0.167. The minimum atomic E-state index is -0.386. The van der Waals surface area contributed by atoms with Crippen molar-refractivity contribution < 1.29 is 23.8 Å². The molecule has 2 N–H and O–H groups in total. The third-order valence-electron chi connectivity index (χ3n) is 4.44. The molecule has 3 aromatic rings. The van der Waals surface area contributed by atoms with Gasteiger partial charge in [-0.1, -0.05) is 24.3 Å². The van der Waals surface area contributed by atoms with Gasteiger partial charge < -0.3 is 24.8 Å². The second kappa shape index (κ2) is 8.57. The number of fused-ring (bicyclic) bond motifs is 1. The van der Waals surface area contributed by atoms with Crippen LogP contribution in [-0.4, -0.2) is 25.2 Å². The van der Waals surface area contributed by atoms with E-state index in [-0.39, 0.29) is 25.2 Å². The number of carbonyl (C=O) groups is 2. The van der Waals surface area contributed by atoms with Gasteiger partial charge >= 0.3 is 0 Å². The molecule has 7 heteroatoms. The Hall–Kier alpha value is -4.00. The molecule has 0 atom stereocenters. The molecule has 0 unspecified atom stereocenters. The second-order valence-electron chi connectivity index (χ2n) is 6.72. The fourth-order valence-electron chi connectivity index (χ4n) is 3.01. The lowest BCUT2D eigenvalue weighted by atomic mass is 10.1. The molecule has 0 spiro atoms. The molecule has 4 rings (SSSR count). The molecule has 0 saturated carbocycles. The molecule has 0 radical (unpaired) electrons. The standard InChI is InChI=1S/C23H20N2O5/c1-15-5-4-6-16(11-15)24-23(27)18-7-2-3-8-19(18)25-22(26)13-28-17-9-10-20-21(12-17)30-14-29-20/h2-12H,13-14H2,1H3,(H,24,27)(H,25,26).